The smallest absolute Gasteiger partial charge is 0.272 e. The van der Waals surface area contributed by atoms with E-state index in [1.807, 2.05) is 44.2 Å². The van der Waals surface area contributed by atoms with Gasteiger partial charge in [0, 0.05) is 5.56 Å². The summed E-state index contributed by atoms with van der Waals surface area (Å²) in [7, 11) is 0. The third-order valence-corrected chi connectivity index (χ3v) is 3.62. The fourth-order valence-corrected chi connectivity index (χ4v) is 2.73. The second-order valence-electron chi connectivity index (χ2n) is 4.87. The van der Waals surface area contributed by atoms with E-state index in [0.29, 0.717) is 5.71 Å². The number of rotatable bonds is 1. The lowest BCUT2D eigenvalue weighted by Crippen LogP contribution is -2.43. The van der Waals surface area contributed by atoms with Crippen LogP contribution in [0.2, 0.25) is 0 Å². The molecule has 3 heteroatoms. The molecule has 1 saturated carbocycles. The summed E-state index contributed by atoms with van der Waals surface area (Å²) in [6.07, 6.45) is 5.54. The molecule has 1 fully saturated rings. The van der Waals surface area contributed by atoms with Crippen molar-refractivity contribution in [3.05, 3.63) is 35.9 Å². The molecule has 3 rings (SSSR count). The lowest BCUT2D eigenvalue weighted by molar-refractivity contribution is -0.115. The van der Waals surface area contributed by atoms with Gasteiger partial charge in [0.05, 0.1) is 0 Å². The highest BCUT2D eigenvalue weighted by molar-refractivity contribution is 6.46. The Morgan fingerprint density at radius 3 is 2.32 bits per heavy atom. The van der Waals surface area contributed by atoms with E-state index in [9.17, 15) is 4.79 Å². The number of amides is 1. The number of nitrogens with one attached hydrogen (secondary N) is 1. The first-order valence-corrected chi connectivity index (χ1v) is 7.27. The Morgan fingerprint density at radius 1 is 1.05 bits per heavy atom. The van der Waals surface area contributed by atoms with Crippen molar-refractivity contribution < 1.29 is 4.79 Å². The van der Waals surface area contributed by atoms with Crippen molar-refractivity contribution >= 4 is 11.6 Å². The van der Waals surface area contributed by atoms with Crippen molar-refractivity contribution in [3.63, 3.8) is 0 Å². The van der Waals surface area contributed by atoms with Gasteiger partial charge in [-0.25, -0.2) is 0 Å². The van der Waals surface area contributed by atoms with Crippen LogP contribution in [0.15, 0.2) is 35.3 Å². The van der Waals surface area contributed by atoms with Gasteiger partial charge < -0.3 is 5.32 Å². The minimum absolute atomic E-state index is 0.0156. The molecule has 0 radical (unpaired) electrons. The van der Waals surface area contributed by atoms with Gasteiger partial charge in [0.25, 0.3) is 5.91 Å². The summed E-state index contributed by atoms with van der Waals surface area (Å²) in [4.78, 5) is 16.7. The van der Waals surface area contributed by atoms with Crippen LogP contribution in [-0.2, 0) is 4.79 Å². The summed E-state index contributed by atoms with van der Waals surface area (Å²) in [6.45, 7) is 4.00. The van der Waals surface area contributed by atoms with Crippen LogP contribution in [0, 0.1) is 0 Å². The first-order chi connectivity index (χ1) is 9.29. The topological polar surface area (TPSA) is 41.5 Å². The largest absolute Gasteiger partial charge is 0.326 e. The zero-order valence-corrected chi connectivity index (χ0v) is 11.8. The molecule has 0 aromatic heterocycles. The molecule has 1 aliphatic carbocycles. The Morgan fingerprint density at radius 2 is 1.68 bits per heavy atom. The summed E-state index contributed by atoms with van der Waals surface area (Å²) in [5.74, 6) is -0.0156. The van der Waals surface area contributed by atoms with Crippen molar-refractivity contribution in [2.75, 3.05) is 0 Å². The van der Waals surface area contributed by atoms with Gasteiger partial charge in [-0.05, 0) is 25.7 Å². The number of carbonyl (C=O) groups is 1. The van der Waals surface area contributed by atoms with Gasteiger partial charge in [0.2, 0.25) is 0 Å². The van der Waals surface area contributed by atoms with E-state index >= 15 is 0 Å². The SMILES string of the molecule is CC.O=C1NC2(CCCCC2)N=C1c1ccccc1. The van der Waals surface area contributed by atoms with Crippen LogP contribution >= 0.6 is 0 Å². The molecule has 1 amide bonds. The van der Waals surface area contributed by atoms with Gasteiger partial charge in [0.15, 0.2) is 0 Å². The Labute approximate surface area is 115 Å². The summed E-state index contributed by atoms with van der Waals surface area (Å²) in [5.41, 5.74) is 1.24. The second kappa shape index (κ2) is 6.00. The van der Waals surface area contributed by atoms with Crippen LogP contribution in [0.1, 0.15) is 51.5 Å². The Kier molecular flexibility index (Phi) is 4.35. The lowest BCUT2D eigenvalue weighted by atomic mass is 9.90. The van der Waals surface area contributed by atoms with Crippen LogP contribution in [0.5, 0.6) is 0 Å². The molecule has 1 aromatic rings. The van der Waals surface area contributed by atoms with Gasteiger partial charge >= 0.3 is 0 Å². The van der Waals surface area contributed by atoms with Crippen LogP contribution in [0.4, 0.5) is 0 Å². The summed E-state index contributed by atoms with van der Waals surface area (Å²) >= 11 is 0. The van der Waals surface area contributed by atoms with Gasteiger partial charge in [-0.3, -0.25) is 9.79 Å². The second-order valence-corrected chi connectivity index (χ2v) is 4.87. The number of nitrogens with zero attached hydrogens (tertiary/aromatic N) is 1. The standard InChI is InChI=1S/C14H16N2O.C2H6/c17-13-12(11-7-3-1-4-8-11)15-14(16-13)9-5-2-6-10-14;1-2/h1,3-4,7-8H,2,5-6,9-10H2,(H,16,17);1-2H3. The monoisotopic (exact) mass is 258 g/mol. The van der Waals surface area contributed by atoms with E-state index < -0.39 is 0 Å². The summed E-state index contributed by atoms with van der Waals surface area (Å²) < 4.78 is 0. The zero-order chi connectivity index (χ0) is 13.7. The van der Waals surface area contributed by atoms with E-state index in [-0.39, 0.29) is 11.6 Å². The highest BCUT2D eigenvalue weighted by Gasteiger charge is 2.40. The fourth-order valence-electron chi connectivity index (χ4n) is 2.73. The normalized spacial score (nSPS) is 20.3. The average molecular weight is 258 g/mol. The lowest BCUT2D eigenvalue weighted by Gasteiger charge is -2.30. The molecule has 102 valence electrons. The van der Waals surface area contributed by atoms with Crippen LogP contribution in [-0.4, -0.2) is 17.3 Å². The van der Waals surface area contributed by atoms with Crippen molar-refractivity contribution in [3.8, 4) is 0 Å². The first-order valence-electron chi connectivity index (χ1n) is 7.27. The summed E-state index contributed by atoms with van der Waals surface area (Å²) in [5, 5.41) is 3.08. The highest BCUT2D eigenvalue weighted by Crippen LogP contribution is 2.32. The molecular formula is C16H22N2O. The van der Waals surface area contributed by atoms with Crippen molar-refractivity contribution in [1.82, 2.24) is 5.32 Å². The third-order valence-electron chi connectivity index (χ3n) is 3.62. The highest BCUT2D eigenvalue weighted by atomic mass is 16.2. The maximum Gasteiger partial charge on any atom is 0.272 e. The molecule has 3 nitrogen and oxygen atoms in total. The van der Waals surface area contributed by atoms with Crippen molar-refractivity contribution in [2.45, 2.75) is 51.6 Å². The van der Waals surface area contributed by atoms with E-state index in [1.165, 1.54) is 6.42 Å². The van der Waals surface area contributed by atoms with Crippen LogP contribution < -0.4 is 5.32 Å². The van der Waals surface area contributed by atoms with E-state index in [1.54, 1.807) is 0 Å². The van der Waals surface area contributed by atoms with Gasteiger partial charge in [-0.1, -0.05) is 50.6 Å². The predicted molar refractivity (Wildman–Crippen MR) is 78.3 cm³/mol. The number of carbonyl (C=O) groups excluding carboxylic acids is 1. The molecule has 2 aliphatic rings. The number of aliphatic imine (C=N–C) groups is 1. The molecule has 0 bridgehead atoms. The van der Waals surface area contributed by atoms with Gasteiger partial charge in [-0.2, -0.15) is 0 Å². The molecule has 1 heterocycles. The van der Waals surface area contributed by atoms with Gasteiger partial charge in [-0.15, -0.1) is 0 Å². The molecule has 1 aromatic carbocycles. The molecule has 0 saturated heterocycles. The first kappa shape index (κ1) is 13.8. The minimum Gasteiger partial charge on any atom is -0.326 e. The van der Waals surface area contributed by atoms with E-state index in [2.05, 4.69) is 10.3 Å². The zero-order valence-electron chi connectivity index (χ0n) is 11.8. The molecule has 1 spiro atoms. The van der Waals surface area contributed by atoms with Crippen molar-refractivity contribution in [2.24, 2.45) is 4.99 Å². The molecule has 0 atom stereocenters. The summed E-state index contributed by atoms with van der Waals surface area (Å²) in [6, 6.07) is 9.72. The number of hydrogen-bond acceptors (Lipinski definition) is 2. The fraction of sp³-hybridized carbons (Fsp3) is 0.500. The Hall–Kier alpha value is -1.64. The van der Waals surface area contributed by atoms with Gasteiger partial charge in [0.1, 0.15) is 11.4 Å². The maximum atomic E-state index is 12.0. The number of benzene rings is 1. The minimum atomic E-state index is -0.291. The van der Waals surface area contributed by atoms with E-state index in [0.717, 1.165) is 31.2 Å². The van der Waals surface area contributed by atoms with Crippen molar-refractivity contribution in [1.29, 1.82) is 0 Å². The van der Waals surface area contributed by atoms with Crippen LogP contribution in [0.3, 0.4) is 0 Å². The maximum absolute atomic E-state index is 12.0. The molecular weight excluding hydrogens is 236 g/mol. The molecule has 1 N–H and O–H groups in total. The van der Waals surface area contributed by atoms with Crippen LogP contribution in [0.25, 0.3) is 0 Å². The third kappa shape index (κ3) is 2.86. The predicted octanol–water partition coefficient (Wildman–Crippen LogP) is 3.29. The Bertz CT molecular complexity index is 459. The number of hydrogen-bond donors (Lipinski definition) is 1. The average Bonchev–Trinajstić information content (AvgIpc) is 2.79. The van der Waals surface area contributed by atoms with E-state index in [4.69, 9.17) is 0 Å². The molecule has 19 heavy (non-hydrogen) atoms. The molecule has 0 unspecified atom stereocenters. The Balaban J connectivity index is 0.000000637. The quantitative estimate of drug-likeness (QED) is 0.825. The molecule has 1 aliphatic heterocycles.